The predicted molar refractivity (Wildman–Crippen MR) is 205 cm³/mol. The zero-order valence-electron chi connectivity index (χ0n) is 31.5. The van der Waals surface area contributed by atoms with E-state index >= 15 is 0 Å². The Morgan fingerprint density at radius 2 is 1.48 bits per heavy atom. The third-order valence-electron chi connectivity index (χ3n) is 11.1. The number of phenols is 1. The molecule has 0 bridgehead atoms. The number of carboxylic acid groups (broad SMARTS) is 1. The van der Waals surface area contributed by atoms with Gasteiger partial charge in [0.25, 0.3) is 0 Å². The van der Waals surface area contributed by atoms with Gasteiger partial charge in [0.1, 0.15) is 17.8 Å². The molecule has 0 saturated heterocycles. The second-order valence-electron chi connectivity index (χ2n) is 14.9. The van der Waals surface area contributed by atoms with Crippen molar-refractivity contribution in [3.8, 4) is 5.75 Å². The highest BCUT2D eigenvalue weighted by Gasteiger charge is 2.43. The van der Waals surface area contributed by atoms with Crippen molar-refractivity contribution < 1.29 is 34.2 Å². The van der Waals surface area contributed by atoms with E-state index in [1.54, 1.807) is 17.0 Å². The van der Waals surface area contributed by atoms with Crippen LogP contribution in [0.2, 0.25) is 0 Å². The number of benzene rings is 1. The van der Waals surface area contributed by atoms with Gasteiger partial charge in [-0.15, -0.1) is 0 Å². The van der Waals surface area contributed by atoms with E-state index in [1.165, 1.54) is 11.8 Å². The number of aryl methyl sites for hydroxylation is 2. The van der Waals surface area contributed by atoms with E-state index in [-0.39, 0.29) is 49.4 Å². The number of aromatic hydroxyl groups is 1. The van der Waals surface area contributed by atoms with Crippen LogP contribution in [0.4, 0.5) is 0 Å². The lowest BCUT2D eigenvalue weighted by atomic mass is 9.66. The minimum absolute atomic E-state index is 0.0248. The summed E-state index contributed by atoms with van der Waals surface area (Å²) in [7, 11) is 0. The van der Waals surface area contributed by atoms with Crippen molar-refractivity contribution >= 4 is 41.4 Å². The maximum Gasteiger partial charge on any atom is 0.303 e. The van der Waals surface area contributed by atoms with Crippen molar-refractivity contribution in [3.63, 3.8) is 0 Å². The molecular formula is C39H63N5O7S. The molecule has 0 aromatic heterocycles. The molecule has 292 valence electrons. The van der Waals surface area contributed by atoms with E-state index in [4.69, 9.17) is 16.6 Å². The van der Waals surface area contributed by atoms with Crippen LogP contribution in [0.1, 0.15) is 113 Å². The molecule has 8 N–H and O–H groups in total. The molecule has 0 spiro atoms. The summed E-state index contributed by atoms with van der Waals surface area (Å²) in [4.78, 5) is 67.2. The van der Waals surface area contributed by atoms with Crippen LogP contribution in [0.5, 0.6) is 5.75 Å². The molecule has 2 saturated carbocycles. The number of nitrogens with zero attached hydrogens (tertiary/aromatic N) is 1. The number of hydrogen-bond acceptors (Lipinski definition) is 8. The molecule has 2 aliphatic carbocycles. The fourth-order valence-corrected chi connectivity index (χ4v) is 8.89. The van der Waals surface area contributed by atoms with Gasteiger partial charge in [-0.1, -0.05) is 70.6 Å². The molecule has 0 radical (unpaired) electrons. The van der Waals surface area contributed by atoms with Crippen molar-refractivity contribution in [1.29, 1.82) is 0 Å². The molecule has 2 fully saturated rings. The van der Waals surface area contributed by atoms with Gasteiger partial charge < -0.3 is 37.2 Å². The molecular weight excluding hydrogens is 683 g/mol. The highest BCUT2D eigenvalue weighted by molar-refractivity contribution is 7.98. The Labute approximate surface area is 314 Å². The summed E-state index contributed by atoms with van der Waals surface area (Å²) in [5, 5.41) is 24.6. The number of thioether (sulfide) groups is 1. The van der Waals surface area contributed by atoms with E-state index in [2.05, 4.69) is 10.6 Å². The zero-order chi connectivity index (χ0) is 38.2. The minimum Gasteiger partial charge on any atom is -0.508 e. The van der Waals surface area contributed by atoms with E-state index < -0.39 is 47.7 Å². The van der Waals surface area contributed by atoms with Crippen LogP contribution in [0.3, 0.4) is 0 Å². The Kier molecular flexibility index (Phi) is 18.3. The molecule has 1 aromatic rings. The van der Waals surface area contributed by atoms with Crippen molar-refractivity contribution in [3.05, 3.63) is 28.8 Å². The fourth-order valence-electron chi connectivity index (χ4n) is 8.42. The number of phenolic OH excluding ortho intramolecular Hbond substituents is 1. The van der Waals surface area contributed by atoms with Gasteiger partial charge in [0.05, 0.1) is 12.6 Å². The molecule has 3 atom stereocenters. The number of hydrogen-bond donors (Lipinski definition) is 6. The Balaban J connectivity index is 1.79. The van der Waals surface area contributed by atoms with E-state index in [1.807, 2.05) is 20.1 Å². The molecule has 4 amide bonds. The van der Waals surface area contributed by atoms with E-state index in [0.717, 1.165) is 80.9 Å². The van der Waals surface area contributed by atoms with Crippen molar-refractivity contribution in [2.75, 3.05) is 25.1 Å². The summed E-state index contributed by atoms with van der Waals surface area (Å²) < 4.78 is 0. The largest absolute Gasteiger partial charge is 0.508 e. The van der Waals surface area contributed by atoms with Crippen LogP contribution in [0.25, 0.3) is 0 Å². The van der Waals surface area contributed by atoms with Crippen LogP contribution >= 0.6 is 11.8 Å². The van der Waals surface area contributed by atoms with Gasteiger partial charge in [0.15, 0.2) is 0 Å². The molecule has 0 aliphatic heterocycles. The first-order valence-corrected chi connectivity index (χ1v) is 20.7. The number of nitrogens with two attached hydrogens (primary N) is 2. The first-order chi connectivity index (χ1) is 24.8. The lowest BCUT2D eigenvalue weighted by Gasteiger charge is -2.45. The van der Waals surface area contributed by atoms with E-state index in [0.29, 0.717) is 31.4 Å². The molecule has 1 aromatic carbocycles. The smallest absolute Gasteiger partial charge is 0.303 e. The normalized spacial score (nSPS) is 17.2. The van der Waals surface area contributed by atoms with Gasteiger partial charge >= 0.3 is 5.97 Å². The van der Waals surface area contributed by atoms with E-state index in [9.17, 15) is 29.1 Å². The summed E-state index contributed by atoms with van der Waals surface area (Å²) in [6, 6.07) is 0.527. The number of primary amides is 1. The summed E-state index contributed by atoms with van der Waals surface area (Å²) in [5.74, 6) is -1.67. The Morgan fingerprint density at radius 1 is 0.904 bits per heavy atom. The Morgan fingerprint density at radius 3 is 2.00 bits per heavy atom. The summed E-state index contributed by atoms with van der Waals surface area (Å²) in [5.41, 5.74) is 15.0. The maximum atomic E-state index is 14.2. The van der Waals surface area contributed by atoms with Crippen LogP contribution in [0, 0.1) is 31.6 Å². The summed E-state index contributed by atoms with van der Waals surface area (Å²) in [6.45, 7) is 3.54. The second kappa shape index (κ2) is 22.0. The highest BCUT2D eigenvalue weighted by Crippen LogP contribution is 2.43. The molecule has 13 heteroatoms. The third kappa shape index (κ3) is 13.3. The van der Waals surface area contributed by atoms with Crippen LogP contribution < -0.4 is 22.1 Å². The first kappa shape index (κ1) is 43.1. The Hall–Kier alpha value is -3.32. The van der Waals surface area contributed by atoms with Gasteiger partial charge in [-0.2, -0.15) is 11.8 Å². The van der Waals surface area contributed by atoms with Gasteiger partial charge in [0.2, 0.25) is 23.6 Å². The van der Waals surface area contributed by atoms with Gasteiger partial charge in [-0.25, -0.2) is 0 Å². The standard InChI is InChI=1S/C39H63N5O7S/c1-25-21-29(45)22-26(2)30(25)23-31(40)38(50)43-32(18-20-52-3)39(51)42-24-33(46)44(19-12-6-11-17-34(47)48)36(37(41)49)35(27-13-7-4-8-14-27)28-15-9-5-10-16-28/h21-22,27-28,31-32,35-36,45H,4-20,23-24,40H2,1-3H3,(H2,41,49)(H,42,51)(H,43,50)(H,47,48)/t31-,32+,36-/m0/s1. The molecule has 12 nitrogen and oxygen atoms in total. The van der Waals surface area contributed by atoms with Crippen molar-refractivity contribution in [1.82, 2.24) is 15.5 Å². The first-order valence-electron chi connectivity index (χ1n) is 19.3. The molecule has 52 heavy (non-hydrogen) atoms. The number of carbonyl (C=O) groups is 5. The molecule has 0 heterocycles. The zero-order valence-corrected chi connectivity index (χ0v) is 32.3. The molecule has 3 rings (SSSR count). The number of unbranched alkanes of at least 4 members (excludes halogenated alkanes) is 2. The second-order valence-corrected chi connectivity index (χ2v) is 15.9. The Bertz CT molecular complexity index is 1310. The summed E-state index contributed by atoms with van der Waals surface area (Å²) in [6.07, 6.45) is 14.6. The van der Waals surface area contributed by atoms with Crippen LogP contribution in [-0.2, 0) is 30.4 Å². The SMILES string of the molecule is CSCC[C@@H](NC(=O)[C@@H](N)Cc1c(C)cc(O)cc1C)C(=O)NCC(=O)N(CCCCCC(=O)O)[C@H](C(N)=O)C(C1CCCCC1)C1CCCCC1. The number of rotatable bonds is 21. The highest BCUT2D eigenvalue weighted by atomic mass is 32.2. The van der Waals surface area contributed by atoms with Gasteiger partial charge in [-0.3, -0.25) is 24.0 Å². The van der Waals surface area contributed by atoms with Crippen molar-refractivity contribution in [2.24, 2.45) is 29.2 Å². The minimum atomic E-state index is -0.947. The fraction of sp³-hybridized carbons (Fsp3) is 0.718. The number of nitrogens with one attached hydrogen (secondary N) is 2. The lowest BCUT2D eigenvalue weighted by molar-refractivity contribution is -0.144. The predicted octanol–water partition coefficient (Wildman–Crippen LogP) is 4.34. The van der Waals surface area contributed by atoms with Gasteiger partial charge in [0, 0.05) is 13.0 Å². The number of amides is 4. The van der Waals surface area contributed by atoms with Crippen LogP contribution in [-0.4, -0.2) is 87.9 Å². The van der Waals surface area contributed by atoms with Crippen LogP contribution in [0.15, 0.2) is 12.1 Å². The number of carbonyl (C=O) groups excluding carboxylic acids is 4. The number of aliphatic carboxylic acids is 1. The molecule has 2 aliphatic rings. The lowest BCUT2D eigenvalue weighted by Crippen LogP contribution is -2.58. The quantitative estimate of drug-likeness (QED) is 0.0990. The third-order valence-corrected chi connectivity index (χ3v) is 11.7. The maximum absolute atomic E-state index is 14.2. The topological polar surface area (TPSA) is 205 Å². The molecule has 0 unspecified atom stereocenters. The average Bonchev–Trinajstić information content (AvgIpc) is 3.11. The van der Waals surface area contributed by atoms with Gasteiger partial charge in [-0.05, 0) is 98.1 Å². The monoisotopic (exact) mass is 745 g/mol. The van der Waals surface area contributed by atoms with Crippen molar-refractivity contribution in [2.45, 2.75) is 135 Å². The average molecular weight is 746 g/mol. The summed E-state index contributed by atoms with van der Waals surface area (Å²) >= 11 is 1.52. The number of carboxylic acids is 1.